The van der Waals surface area contributed by atoms with Crippen molar-refractivity contribution in [1.82, 2.24) is 28.9 Å². The van der Waals surface area contributed by atoms with Crippen molar-refractivity contribution in [3.8, 4) is 0 Å². The topological polar surface area (TPSA) is 87.1 Å². The van der Waals surface area contributed by atoms with Crippen LogP contribution in [0.1, 0.15) is 29.9 Å². The summed E-state index contributed by atoms with van der Waals surface area (Å²) in [5, 5.41) is 10.2. The summed E-state index contributed by atoms with van der Waals surface area (Å²) in [5.41, 5.74) is 2.33. The summed E-state index contributed by atoms with van der Waals surface area (Å²) >= 11 is 6.00. The van der Waals surface area contributed by atoms with Crippen LogP contribution in [0.2, 0.25) is 5.02 Å². The summed E-state index contributed by atoms with van der Waals surface area (Å²) in [7, 11) is 0. The minimum Gasteiger partial charge on any atom is -0.268 e. The maximum absolute atomic E-state index is 13.6. The Balaban J connectivity index is 1.98. The molecule has 5 aromatic rings. The van der Waals surface area contributed by atoms with Gasteiger partial charge in [0.05, 0.1) is 28.2 Å². The Hall–Kier alpha value is -3.52. The van der Waals surface area contributed by atoms with E-state index >= 15 is 0 Å². The van der Waals surface area contributed by atoms with Gasteiger partial charge in [0.2, 0.25) is 0 Å². The predicted octanol–water partition coefficient (Wildman–Crippen LogP) is 3.32. The molecular weight excluding hydrogens is 404 g/mol. The molecule has 0 radical (unpaired) electrons. The van der Waals surface area contributed by atoms with Crippen molar-refractivity contribution in [3.05, 3.63) is 69.4 Å². The standard InChI is InChI=1S/C21H17ClN6O2/c1-3-14-9-17-27(20(29)12-5-7-13(22)8-6-12)18-15-11-24-26(4-2)19(15)23-10-16(18)21(30)28(17)25-14/h5-11H,3-4H2,1-2H3. The zero-order chi connectivity index (χ0) is 21.0. The molecule has 8 nitrogen and oxygen atoms in total. The number of aromatic nitrogens is 6. The van der Waals surface area contributed by atoms with E-state index in [2.05, 4.69) is 15.2 Å². The second-order valence-corrected chi connectivity index (χ2v) is 7.37. The van der Waals surface area contributed by atoms with Gasteiger partial charge < -0.3 is 0 Å². The van der Waals surface area contributed by atoms with Crippen molar-refractivity contribution in [2.24, 2.45) is 0 Å². The van der Waals surface area contributed by atoms with E-state index < -0.39 is 0 Å². The van der Waals surface area contributed by atoms with Gasteiger partial charge in [-0.3, -0.25) is 14.2 Å². The Bertz CT molecular complexity index is 1510. The molecule has 0 fully saturated rings. The summed E-state index contributed by atoms with van der Waals surface area (Å²) < 4.78 is 4.53. The molecule has 9 heteroatoms. The second-order valence-electron chi connectivity index (χ2n) is 6.93. The molecule has 0 saturated carbocycles. The molecule has 4 aromatic heterocycles. The summed E-state index contributed by atoms with van der Waals surface area (Å²) in [4.78, 5) is 31.3. The number of rotatable bonds is 3. The Labute approximate surface area is 175 Å². The van der Waals surface area contributed by atoms with Crippen LogP contribution in [0.4, 0.5) is 0 Å². The van der Waals surface area contributed by atoms with Gasteiger partial charge in [0.25, 0.3) is 11.5 Å². The van der Waals surface area contributed by atoms with Gasteiger partial charge in [-0.1, -0.05) is 18.5 Å². The lowest BCUT2D eigenvalue weighted by Gasteiger charge is -2.13. The third-order valence-electron chi connectivity index (χ3n) is 5.21. The fourth-order valence-corrected chi connectivity index (χ4v) is 3.82. The SMILES string of the molecule is CCc1cc2n(C(=O)c3ccc(Cl)cc3)c3c(cnc4c3cnn4CC)c(=O)n2n1. The monoisotopic (exact) mass is 420 g/mol. The third kappa shape index (κ3) is 2.57. The highest BCUT2D eigenvalue weighted by Crippen LogP contribution is 2.25. The molecule has 0 unspecified atom stereocenters. The number of fused-ring (bicyclic) bond motifs is 4. The number of carbonyl (C=O) groups excluding carboxylic acids is 1. The number of nitrogens with zero attached hydrogens (tertiary/aromatic N) is 6. The first-order valence-corrected chi connectivity index (χ1v) is 9.99. The molecule has 0 N–H and O–H groups in total. The summed E-state index contributed by atoms with van der Waals surface area (Å²) in [6, 6.07) is 8.42. The maximum Gasteiger partial charge on any atom is 0.283 e. The number of aryl methyl sites for hydroxylation is 2. The van der Waals surface area contributed by atoms with Crippen LogP contribution in [0.3, 0.4) is 0 Å². The van der Waals surface area contributed by atoms with Gasteiger partial charge in [0, 0.05) is 29.4 Å². The number of hydrogen-bond acceptors (Lipinski definition) is 5. The Kier molecular flexibility index (Phi) is 4.18. The van der Waals surface area contributed by atoms with Crippen molar-refractivity contribution in [3.63, 3.8) is 0 Å². The highest BCUT2D eigenvalue weighted by molar-refractivity contribution is 6.30. The van der Waals surface area contributed by atoms with Crippen LogP contribution in [0.15, 0.2) is 47.5 Å². The fraction of sp³-hybridized carbons (Fsp3) is 0.190. The van der Waals surface area contributed by atoms with E-state index in [0.717, 1.165) is 0 Å². The van der Waals surface area contributed by atoms with Gasteiger partial charge in [-0.15, -0.1) is 0 Å². The summed E-state index contributed by atoms with van der Waals surface area (Å²) in [6.45, 7) is 4.52. The molecule has 0 aliphatic carbocycles. The van der Waals surface area contributed by atoms with E-state index in [0.29, 0.717) is 56.8 Å². The average Bonchev–Trinajstić information content (AvgIpc) is 3.38. The van der Waals surface area contributed by atoms with Crippen molar-refractivity contribution in [2.45, 2.75) is 26.8 Å². The number of halogens is 1. The van der Waals surface area contributed by atoms with Crippen LogP contribution < -0.4 is 5.56 Å². The lowest BCUT2D eigenvalue weighted by atomic mass is 10.1. The summed E-state index contributed by atoms with van der Waals surface area (Å²) in [5.74, 6) is -0.291. The van der Waals surface area contributed by atoms with Crippen LogP contribution in [-0.4, -0.2) is 34.9 Å². The molecule has 0 saturated heterocycles. The van der Waals surface area contributed by atoms with Crippen LogP contribution in [0.5, 0.6) is 0 Å². The second kappa shape index (κ2) is 6.77. The Morgan fingerprint density at radius 3 is 2.57 bits per heavy atom. The lowest BCUT2D eigenvalue weighted by Crippen LogP contribution is -2.24. The van der Waals surface area contributed by atoms with E-state index in [9.17, 15) is 9.59 Å². The Morgan fingerprint density at radius 2 is 1.87 bits per heavy atom. The molecular formula is C21H17ClN6O2. The largest absolute Gasteiger partial charge is 0.283 e. The molecule has 0 atom stereocenters. The molecule has 0 aliphatic rings. The van der Waals surface area contributed by atoms with Gasteiger partial charge in [0.15, 0.2) is 5.65 Å². The maximum atomic E-state index is 13.6. The minimum atomic E-state index is -0.321. The molecule has 150 valence electrons. The molecule has 0 amide bonds. The van der Waals surface area contributed by atoms with Crippen molar-refractivity contribution in [1.29, 1.82) is 0 Å². The number of hydrogen-bond donors (Lipinski definition) is 0. The van der Waals surface area contributed by atoms with E-state index in [1.807, 2.05) is 13.8 Å². The quantitative estimate of drug-likeness (QED) is 0.447. The van der Waals surface area contributed by atoms with E-state index in [4.69, 9.17) is 11.6 Å². The zero-order valence-corrected chi connectivity index (χ0v) is 17.1. The predicted molar refractivity (Wildman–Crippen MR) is 114 cm³/mol. The normalized spacial score (nSPS) is 11.7. The number of carbonyl (C=O) groups is 1. The average molecular weight is 421 g/mol. The van der Waals surface area contributed by atoms with E-state index in [1.165, 1.54) is 15.3 Å². The highest BCUT2D eigenvalue weighted by atomic mass is 35.5. The van der Waals surface area contributed by atoms with Crippen LogP contribution in [0.25, 0.3) is 27.6 Å². The molecule has 1 aromatic carbocycles. The first-order valence-electron chi connectivity index (χ1n) is 9.61. The number of benzene rings is 1. The van der Waals surface area contributed by atoms with Crippen molar-refractivity contribution in [2.75, 3.05) is 0 Å². The van der Waals surface area contributed by atoms with Crippen LogP contribution in [0, 0.1) is 0 Å². The van der Waals surface area contributed by atoms with Crippen LogP contribution in [-0.2, 0) is 13.0 Å². The Morgan fingerprint density at radius 1 is 1.10 bits per heavy atom. The van der Waals surface area contributed by atoms with Gasteiger partial charge >= 0.3 is 0 Å². The van der Waals surface area contributed by atoms with Crippen LogP contribution >= 0.6 is 11.6 Å². The van der Waals surface area contributed by atoms with E-state index in [1.54, 1.807) is 41.2 Å². The highest BCUT2D eigenvalue weighted by Gasteiger charge is 2.22. The summed E-state index contributed by atoms with van der Waals surface area (Å²) in [6.07, 6.45) is 3.77. The lowest BCUT2D eigenvalue weighted by molar-refractivity contribution is 0.0968. The number of pyridine rings is 1. The van der Waals surface area contributed by atoms with Crippen molar-refractivity contribution < 1.29 is 4.79 Å². The molecule has 0 bridgehead atoms. The fourth-order valence-electron chi connectivity index (χ4n) is 3.70. The van der Waals surface area contributed by atoms with E-state index in [-0.39, 0.29) is 11.5 Å². The van der Waals surface area contributed by atoms with Gasteiger partial charge in [0.1, 0.15) is 5.65 Å². The van der Waals surface area contributed by atoms with Gasteiger partial charge in [-0.25, -0.2) is 9.67 Å². The first kappa shape index (κ1) is 18.5. The molecule has 0 spiro atoms. The van der Waals surface area contributed by atoms with Gasteiger partial charge in [-0.2, -0.15) is 14.7 Å². The van der Waals surface area contributed by atoms with Crippen molar-refractivity contribution >= 4 is 45.1 Å². The third-order valence-corrected chi connectivity index (χ3v) is 5.46. The molecule has 4 heterocycles. The molecule has 30 heavy (non-hydrogen) atoms. The zero-order valence-electron chi connectivity index (χ0n) is 16.3. The minimum absolute atomic E-state index is 0.291. The molecule has 5 rings (SSSR count). The molecule has 0 aliphatic heterocycles. The van der Waals surface area contributed by atoms with Gasteiger partial charge in [-0.05, 0) is 37.6 Å². The smallest absolute Gasteiger partial charge is 0.268 e. The first-order chi connectivity index (χ1) is 14.5.